The van der Waals surface area contributed by atoms with E-state index in [1.54, 1.807) is 0 Å². The average Bonchev–Trinajstić information content (AvgIpc) is 2.74. The minimum Gasteiger partial charge on any atom is -0.272 e. The largest absolute Gasteiger partial charge is 0.272 e. The van der Waals surface area contributed by atoms with Crippen LogP contribution in [0.3, 0.4) is 0 Å². The number of benzene rings is 1. The van der Waals surface area contributed by atoms with Crippen molar-refractivity contribution in [1.29, 1.82) is 0 Å². The maximum atomic E-state index is 5.71. The van der Waals surface area contributed by atoms with Crippen LogP contribution in [0.5, 0.6) is 0 Å². The summed E-state index contributed by atoms with van der Waals surface area (Å²) in [5.41, 5.74) is 8.08. The fourth-order valence-electron chi connectivity index (χ4n) is 2.79. The van der Waals surface area contributed by atoms with E-state index in [4.69, 9.17) is 5.84 Å². The van der Waals surface area contributed by atoms with Crippen molar-refractivity contribution in [2.24, 2.45) is 12.9 Å². The van der Waals surface area contributed by atoms with E-state index in [0.717, 1.165) is 31.4 Å². The number of aromatic nitrogens is 2. The Balaban J connectivity index is 1.88. The first-order chi connectivity index (χ1) is 10.1. The summed E-state index contributed by atoms with van der Waals surface area (Å²) in [4.78, 5) is 0. The number of aryl methyl sites for hydroxylation is 3. The number of hydrogen-bond acceptors (Lipinski definition) is 3. The standard InChI is InChI=1S/C17H26N4/c1-13-17(14(2)21(3)20-13)12-11-16(19-18)10-9-15-7-5-4-6-8-15/h4-8,16,19H,9-12,18H2,1-3H3. The Hall–Kier alpha value is -1.65. The molecule has 0 amide bonds. The van der Waals surface area contributed by atoms with Crippen LogP contribution >= 0.6 is 0 Å². The number of nitrogens with one attached hydrogen (secondary N) is 1. The summed E-state index contributed by atoms with van der Waals surface area (Å²) in [6, 6.07) is 10.9. The first kappa shape index (κ1) is 15.7. The van der Waals surface area contributed by atoms with Gasteiger partial charge < -0.3 is 0 Å². The maximum absolute atomic E-state index is 5.71. The van der Waals surface area contributed by atoms with Gasteiger partial charge in [0.2, 0.25) is 0 Å². The number of hydrogen-bond donors (Lipinski definition) is 2. The van der Waals surface area contributed by atoms with E-state index in [1.807, 2.05) is 11.7 Å². The van der Waals surface area contributed by atoms with Crippen LogP contribution < -0.4 is 11.3 Å². The molecule has 0 bridgehead atoms. The molecule has 2 rings (SSSR count). The minimum absolute atomic E-state index is 0.337. The average molecular weight is 286 g/mol. The van der Waals surface area contributed by atoms with Crippen molar-refractivity contribution in [3.8, 4) is 0 Å². The monoisotopic (exact) mass is 286 g/mol. The van der Waals surface area contributed by atoms with E-state index in [2.05, 4.69) is 54.7 Å². The van der Waals surface area contributed by atoms with Crippen LogP contribution in [0.1, 0.15) is 35.4 Å². The molecule has 4 nitrogen and oxygen atoms in total. The molecule has 0 saturated carbocycles. The van der Waals surface area contributed by atoms with Crippen molar-refractivity contribution in [3.05, 3.63) is 52.8 Å². The highest BCUT2D eigenvalue weighted by Crippen LogP contribution is 2.16. The van der Waals surface area contributed by atoms with Gasteiger partial charge in [0, 0.05) is 18.8 Å². The van der Waals surface area contributed by atoms with E-state index < -0.39 is 0 Å². The maximum Gasteiger partial charge on any atom is 0.0628 e. The Labute approximate surface area is 127 Å². The second-order valence-electron chi connectivity index (χ2n) is 5.70. The lowest BCUT2D eigenvalue weighted by atomic mass is 9.99. The van der Waals surface area contributed by atoms with Gasteiger partial charge in [-0.2, -0.15) is 5.10 Å². The molecule has 0 aliphatic rings. The SMILES string of the molecule is Cc1nn(C)c(C)c1CCC(CCc1ccccc1)NN. The predicted molar refractivity (Wildman–Crippen MR) is 86.9 cm³/mol. The highest BCUT2D eigenvalue weighted by atomic mass is 15.3. The zero-order valence-corrected chi connectivity index (χ0v) is 13.3. The van der Waals surface area contributed by atoms with Crippen molar-refractivity contribution >= 4 is 0 Å². The molecule has 1 heterocycles. The van der Waals surface area contributed by atoms with Crippen molar-refractivity contribution in [2.75, 3.05) is 0 Å². The molecule has 1 aromatic heterocycles. The predicted octanol–water partition coefficient (Wildman–Crippen LogP) is 2.43. The summed E-state index contributed by atoms with van der Waals surface area (Å²) in [6.07, 6.45) is 4.17. The molecule has 0 aliphatic carbocycles. The molecule has 1 atom stereocenters. The lowest BCUT2D eigenvalue weighted by Gasteiger charge is -2.16. The van der Waals surface area contributed by atoms with Gasteiger partial charge in [0.1, 0.15) is 0 Å². The third kappa shape index (κ3) is 4.16. The molecule has 4 heteroatoms. The zero-order valence-electron chi connectivity index (χ0n) is 13.3. The highest BCUT2D eigenvalue weighted by Gasteiger charge is 2.12. The normalized spacial score (nSPS) is 12.6. The minimum atomic E-state index is 0.337. The van der Waals surface area contributed by atoms with Crippen molar-refractivity contribution in [3.63, 3.8) is 0 Å². The number of hydrazine groups is 1. The van der Waals surface area contributed by atoms with Crippen LogP contribution in [0.2, 0.25) is 0 Å². The van der Waals surface area contributed by atoms with Gasteiger partial charge >= 0.3 is 0 Å². The smallest absolute Gasteiger partial charge is 0.0628 e. The molecule has 114 valence electrons. The number of nitrogens with two attached hydrogens (primary N) is 1. The Kier molecular flexibility index (Phi) is 5.53. The first-order valence-corrected chi connectivity index (χ1v) is 7.61. The van der Waals surface area contributed by atoms with Crippen LogP contribution in [-0.4, -0.2) is 15.8 Å². The summed E-state index contributed by atoms with van der Waals surface area (Å²) in [5.74, 6) is 5.71. The van der Waals surface area contributed by atoms with Crippen molar-refractivity contribution < 1.29 is 0 Å². The third-order valence-corrected chi connectivity index (χ3v) is 4.26. The molecule has 1 unspecified atom stereocenters. The van der Waals surface area contributed by atoms with Crippen LogP contribution in [0.4, 0.5) is 0 Å². The van der Waals surface area contributed by atoms with E-state index in [0.29, 0.717) is 6.04 Å². The number of nitrogens with zero attached hydrogens (tertiary/aromatic N) is 2. The molecule has 2 aromatic rings. The van der Waals surface area contributed by atoms with Crippen LogP contribution in [-0.2, 0) is 19.9 Å². The van der Waals surface area contributed by atoms with E-state index >= 15 is 0 Å². The molecule has 0 fully saturated rings. The molecule has 0 saturated heterocycles. The summed E-state index contributed by atoms with van der Waals surface area (Å²) in [7, 11) is 2.00. The van der Waals surface area contributed by atoms with Crippen molar-refractivity contribution in [2.45, 2.75) is 45.6 Å². The second kappa shape index (κ2) is 7.38. The summed E-state index contributed by atoms with van der Waals surface area (Å²) < 4.78 is 1.96. The third-order valence-electron chi connectivity index (χ3n) is 4.26. The summed E-state index contributed by atoms with van der Waals surface area (Å²) in [5, 5.41) is 4.47. The van der Waals surface area contributed by atoms with Gasteiger partial charge in [-0.1, -0.05) is 30.3 Å². The molecule has 1 aromatic carbocycles. The quantitative estimate of drug-likeness (QED) is 0.607. The summed E-state index contributed by atoms with van der Waals surface area (Å²) in [6.45, 7) is 4.21. The van der Waals surface area contributed by atoms with Gasteiger partial charge in [-0.15, -0.1) is 0 Å². The van der Waals surface area contributed by atoms with E-state index in [-0.39, 0.29) is 0 Å². The lowest BCUT2D eigenvalue weighted by Crippen LogP contribution is -2.35. The van der Waals surface area contributed by atoms with Crippen LogP contribution in [0.25, 0.3) is 0 Å². The molecule has 3 N–H and O–H groups in total. The van der Waals surface area contributed by atoms with Crippen LogP contribution in [0.15, 0.2) is 30.3 Å². The number of rotatable bonds is 7. The molecule has 0 aliphatic heterocycles. The van der Waals surface area contributed by atoms with E-state index in [9.17, 15) is 0 Å². The first-order valence-electron chi connectivity index (χ1n) is 7.61. The molecular formula is C17H26N4. The van der Waals surface area contributed by atoms with Gasteiger partial charge in [0.15, 0.2) is 0 Å². The lowest BCUT2D eigenvalue weighted by molar-refractivity contribution is 0.463. The second-order valence-corrected chi connectivity index (χ2v) is 5.70. The summed E-state index contributed by atoms with van der Waals surface area (Å²) >= 11 is 0. The Bertz CT molecular complexity index is 560. The highest BCUT2D eigenvalue weighted by molar-refractivity contribution is 5.24. The molecule has 0 spiro atoms. The van der Waals surface area contributed by atoms with Gasteiger partial charge in [-0.05, 0) is 50.7 Å². The zero-order chi connectivity index (χ0) is 15.2. The molecule has 21 heavy (non-hydrogen) atoms. The topological polar surface area (TPSA) is 55.9 Å². The van der Waals surface area contributed by atoms with Crippen LogP contribution in [0, 0.1) is 13.8 Å². The van der Waals surface area contributed by atoms with E-state index in [1.165, 1.54) is 16.8 Å². The van der Waals surface area contributed by atoms with Gasteiger partial charge in [0.25, 0.3) is 0 Å². The van der Waals surface area contributed by atoms with Crippen molar-refractivity contribution in [1.82, 2.24) is 15.2 Å². The Morgan fingerprint density at radius 1 is 1.14 bits per heavy atom. The Morgan fingerprint density at radius 3 is 2.38 bits per heavy atom. The molecule has 0 radical (unpaired) electrons. The fraction of sp³-hybridized carbons (Fsp3) is 0.471. The van der Waals surface area contributed by atoms with Gasteiger partial charge in [0.05, 0.1) is 5.69 Å². The molecular weight excluding hydrogens is 260 g/mol. The fourth-order valence-corrected chi connectivity index (χ4v) is 2.79. The van der Waals surface area contributed by atoms with Gasteiger partial charge in [-0.25, -0.2) is 0 Å². The van der Waals surface area contributed by atoms with Gasteiger partial charge in [-0.3, -0.25) is 16.0 Å². The Morgan fingerprint density at radius 2 is 1.81 bits per heavy atom.